The average Bonchev–Trinajstić information content (AvgIpc) is 2.50. The second kappa shape index (κ2) is 6.89. The third-order valence-corrected chi connectivity index (χ3v) is 3.85. The lowest BCUT2D eigenvalue weighted by Crippen LogP contribution is -2.47. The average molecular weight is 323 g/mol. The Morgan fingerprint density at radius 2 is 2.14 bits per heavy atom. The van der Waals surface area contributed by atoms with Crippen molar-refractivity contribution in [2.45, 2.75) is 25.4 Å². The Labute approximate surface area is 134 Å². The first-order chi connectivity index (χ1) is 10.1. The molecule has 1 amide bonds. The number of likely N-dealkylation sites (tertiary alicyclic amines) is 1. The van der Waals surface area contributed by atoms with Gasteiger partial charge in [0.2, 0.25) is 5.91 Å². The van der Waals surface area contributed by atoms with Crippen LogP contribution in [0.4, 0.5) is 0 Å². The molecule has 1 atom stereocenters. The van der Waals surface area contributed by atoms with Gasteiger partial charge in [-0.1, -0.05) is 12.1 Å². The van der Waals surface area contributed by atoms with Crippen LogP contribution < -0.4 is 11.3 Å². The standard InChI is InChI=1S/C15H18N4O2.ClH/c16-11-4-3-7-18(8-11)14(20)9-19-10-17-13-6-2-1-5-12(13)15(19)21;/h1-2,5-6,10-11H,3-4,7-9,16H2;1H. The van der Waals surface area contributed by atoms with Gasteiger partial charge in [-0.3, -0.25) is 14.2 Å². The van der Waals surface area contributed by atoms with Crippen LogP contribution in [-0.2, 0) is 11.3 Å². The highest BCUT2D eigenvalue weighted by atomic mass is 35.5. The van der Waals surface area contributed by atoms with Crippen molar-refractivity contribution in [2.75, 3.05) is 13.1 Å². The summed E-state index contributed by atoms with van der Waals surface area (Å²) in [5, 5.41) is 0.531. The van der Waals surface area contributed by atoms with Crippen molar-refractivity contribution in [3.8, 4) is 0 Å². The molecule has 118 valence electrons. The highest BCUT2D eigenvalue weighted by molar-refractivity contribution is 5.85. The summed E-state index contributed by atoms with van der Waals surface area (Å²) in [6.45, 7) is 1.29. The van der Waals surface area contributed by atoms with E-state index in [4.69, 9.17) is 5.73 Å². The molecule has 1 aromatic carbocycles. The number of hydrogen-bond acceptors (Lipinski definition) is 4. The van der Waals surface area contributed by atoms with Gasteiger partial charge in [-0.15, -0.1) is 12.4 Å². The lowest BCUT2D eigenvalue weighted by atomic mass is 10.1. The summed E-state index contributed by atoms with van der Waals surface area (Å²) >= 11 is 0. The fourth-order valence-corrected chi connectivity index (χ4v) is 2.70. The minimum Gasteiger partial charge on any atom is -0.340 e. The molecule has 1 saturated heterocycles. The van der Waals surface area contributed by atoms with Crippen molar-refractivity contribution in [3.63, 3.8) is 0 Å². The number of carbonyl (C=O) groups is 1. The second-order valence-electron chi connectivity index (χ2n) is 5.44. The van der Waals surface area contributed by atoms with Crippen LogP contribution in [0, 0.1) is 0 Å². The molecule has 2 heterocycles. The summed E-state index contributed by atoms with van der Waals surface area (Å²) in [5.74, 6) is -0.0793. The van der Waals surface area contributed by atoms with Crippen molar-refractivity contribution >= 4 is 29.2 Å². The predicted molar refractivity (Wildman–Crippen MR) is 87.0 cm³/mol. The molecular weight excluding hydrogens is 304 g/mol. The third kappa shape index (κ3) is 3.28. The zero-order valence-electron chi connectivity index (χ0n) is 12.1. The molecule has 1 aromatic heterocycles. The minimum atomic E-state index is -0.185. The van der Waals surface area contributed by atoms with Crippen LogP contribution in [-0.4, -0.2) is 39.5 Å². The molecule has 0 bridgehead atoms. The zero-order valence-corrected chi connectivity index (χ0v) is 13.0. The second-order valence-corrected chi connectivity index (χ2v) is 5.44. The van der Waals surface area contributed by atoms with Gasteiger partial charge in [0.15, 0.2) is 0 Å². The number of para-hydroxylation sites is 1. The Bertz CT molecular complexity index is 731. The molecule has 7 heteroatoms. The van der Waals surface area contributed by atoms with Crippen molar-refractivity contribution in [2.24, 2.45) is 5.73 Å². The van der Waals surface area contributed by atoms with E-state index in [1.807, 2.05) is 6.07 Å². The molecule has 22 heavy (non-hydrogen) atoms. The number of hydrogen-bond donors (Lipinski definition) is 1. The molecule has 1 fully saturated rings. The van der Waals surface area contributed by atoms with Gasteiger partial charge in [-0.05, 0) is 25.0 Å². The summed E-state index contributed by atoms with van der Waals surface area (Å²) in [5.41, 5.74) is 6.35. The molecule has 2 N–H and O–H groups in total. The largest absolute Gasteiger partial charge is 0.340 e. The number of benzene rings is 1. The van der Waals surface area contributed by atoms with E-state index in [-0.39, 0.29) is 36.5 Å². The van der Waals surface area contributed by atoms with E-state index < -0.39 is 0 Å². The van der Waals surface area contributed by atoms with Gasteiger partial charge < -0.3 is 10.6 Å². The summed E-state index contributed by atoms with van der Waals surface area (Å²) in [6, 6.07) is 7.17. The number of nitrogens with zero attached hydrogens (tertiary/aromatic N) is 3. The van der Waals surface area contributed by atoms with Crippen molar-refractivity contribution in [3.05, 3.63) is 40.9 Å². The first kappa shape index (κ1) is 16.5. The molecular formula is C15H19ClN4O2. The molecule has 0 radical (unpaired) electrons. The number of aromatic nitrogens is 2. The Morgan fingerprint density at radius 1 is 1.36 bits per heavy atom. The lowest BCUT2D eigenvalue weighted by Gasteiger charge is -2.30. The minimum absolute atomic E-state index is 0. The van der Waals surface area contributed by atoms with Gasteiger partial charge in [0.05, 0.1) is 17.2 Å². The van der Waals surface area contributed by atoms with Gasteiger partial charge in [0.1, 0.15) is 6.54 Å². The summed E-state index contributed by atoms with van der Waals surface area (Å²) in [6.07, 6.45) is 3.30. The summed E-state index contributed by atoms with van der Waals surface area (Å²) in [7, 11) is 0. The molecule has 2 aromatic rings. The van der Waals surface area contributed by atoms with Crippen LogP contribution in [0.1, 0.15) is 12.8 Å². The molecule has 3 rings (SSSR count). The van der Waals surface area contributed by atoms with Crippen LogP contribution in [0.2, 0.25) is 0 Å². The summed E-state index contributed by atoms with van der Waals surface area (Å²) in [4.78, 5) is 30.6. The Morgan fingerprint density at radius 3 is 2.91 bits per heavy atom. The van der Waals surface area contributed by atoms with Gasteiger partial charge >= 0.3 is 0 Å². The number of carbonyl (C=O) groups excluding carboxylic acids is 1. The lowest BCUT2D eigenvalue weighted by molar-refractivity contribution is -0.133. The number of amides is 1. The van der Waals surface area contributed by atoms with Crippen molar-refractivity contribution < 1.29 is 4.79 Å². The van der Waals surface area contributed by atoms with Gasteiger partial charge in [-0.2, -0.15) is 0 Å². The Balaban J connectivity index is 0.00000176. The fourth-order valence-electron chi connectivity index (χ4n) is 2.70. The van der Waals surface area contributed by atoms with Crippen LogP contribution in [0.5, 0.6) is 0 Å². The van der Waals surface area contributed by atoms with E-state index in [1.54, 1.807) is 23.1 Å². The quantitative estimate of drug-likeness (QED) is 0.885. The Kier molecular flexibility index (Phi) is 5.15. The molecule has 1 aliphatic rings. The van der Waals surface area contributed by atoms with E-state index in [1.165, 1.54) is 10.9 Å². The number of rotatable bonds is 2. The zero-order chi connectivity index (χ0) is 14.8. The first-order valence-electron chi connectivity index (χ1n) is 7.12. The van der Waals surface area contributed by atoms with E-state index in [9.17, 15) is 9.59 Å². The molecule has 0 saturated carbocycles. The summed E-state index contributed by atoms with van der Waals surface area (Å²) < 4.78 is 1.37. The third-order valence-electron chi connectivity index (χ3n) is 3.85. The maximum Gasteiger partial charge on any atom is 0.261 e. The highest BCUT2D eigenvalue weighted by Gasteiger charge is 2.21. The van der Waals surface area contributed by atoms with E-state index in [0.29, 0.717) is 24.0 Å². The molecule has 0 aliphatic carbocycles. The first-order valence-corrected chi connectivity index (χ1v) is 7.12. The smallest absolute Gasteiger partial charge is 0.261 e. The predicted octanol–water partition coefficient (Wildman–Crippen LogP) is 0.768. The number of halogens is 1. The van der Waals surface area contributed by atoms with E-state index in [0.717, 1.165) is 12.8 Å². The van der Waals surface area contributed by atoms with Crippen molar-refractivity contribution in [1.29, 1.82) is 0 Å². The number of fused-ring (bicyclic) bond motifs is 1. The topological polar surface area (TPSA) is 81.2 Å². The molecule has 6 nitrogen and oxygen atoms in total. The molecule has 1 unspecified atom stereocenters. The van der Waals surface area contributed by atoms with Crippen LogP contribution in [0.3, 0.4) is 0 Å². The van der Waals surface area contributed by atoms with Gasteiger partial charge in [0.25, 0.3) is 5.56 Å². The van der Waals surface area contributed by atoms with E-state index in [2.05, 4.69) is 4.98 Å². The molecule has 1 aliphatic heterocycles. The van der Waals surface area contributed by atoms with E-state index >= 15 is 0 Å². The normalized spacial score (nSPS) is 18.0. The van der Waals surface area contributed by atoms with Gasteiger partial charge in [-0.25, -0.2) is 4.98 Å². The maximum atomic E-state index is 12.3. The number of nitrogens with two attached hydrogens (primary N) is 1. The number of piperidine rings is 1. The SMILES string of the molecule is Cl.NC1CCCN(C(=O)Cn2cnc3ccccc3c2=O)C1. The Hall–Kier alpha value is -1.92. The van der Waals surface area contributed by atoms with Crippen molar-refractivity contribution in [1.82, 2.24) is 14.5 Å². The monoisotopic (exact) mass is 322 g/mol. The van der Waals surface area contributed by atoms with Crippen LogP contribution in [0.25, 0.3) is 10.9 Å². The van der Waals surface area contributed by atoms with Crippen LogP contribution >= 0.6 is 12.4 Å². The fraction of sp³-hybridized carbons (Fsp3) is 0.400. The highest BCUT2D eigenvalue weighted by Crippen LogP contribution is 2.09. The van der Waals surface area contributed by atoms with Gasteiger partial charge in [0, 0.05) is 19.1 Å². The molecule has 0 spiro atoms. The maximum absolute atomic E-state index is 12.3. The van der Waals surface area contributed by atoms with Crippen LogP contribution in [0.15, 0.2) is 35.4 Å².